The smallest absolute Gasteiger partial charge is 0.403 e. The summed E-state index contributed by atoms with van der Waals surface area (Å²) in [5.41, 5.74) is -4.58. The standard InChI is InChI=1S/C9H4BrF8NO/c10-1-4-6(20-9(16,17)18)5(7(11)12)3(2-19-4)8(13,14)15/h2,7H,1H2. The lowest BCUT2D eigenvalue weighted by atomic mass is 10.1. The molecule has 1 aromatic heterocycles. The van der Waals surface area contributed by atoms with E-state index >= 15 is 0 Å². The van der Waals surface area contributed by atoms with Crippen LogP contribution in [0.15, 0.2) is 6.20 Å². The van der Waals surface area contributed by atoms with Gasteiger partial charge in [-0.25, -0.2) is 8.78 Å². The lowest BCUT2D eigenvalue weighted by molar-refractivity contribution is -0.275. The summed E-state index contributed by atoms with van der Waals surface area (Å²) < 4.78 is 103. The second-order valence-corrected chi connectivity index (χ2v) is 3.90. The summed E-state index contributed by atoms with van der Waals surface area (Å²) in [6, 6.07) is 0. The molecule has 0 aliphatic heterocycles. The van der Waals surface area contributed by atoms with E-state index in [2.05, 4.69) is 25.7 Å². The Kier molecular flexibility index (Phi) is 4.82. The molecule has 11 heteroatoms. The number of nitrogens with zero attached hydrogens (tertiary/aromatic N) is 1. The molecular weight excluding hydrogens is 370 g/mol. The first-order valence-electron chi connectivity index (χ1n) is 4.66. The molecule has 1 heterocycles. The van der Waals surface area contributed by atoms with Gasteiger partial charge in [0.2, 0.25) is 0 Å². The van der Waals surface area contributed by atoms with E-state index in [0.717, 1.165) is 0 Å². The molecule has 20 heavy (non-hydrogen) atoms. The van der Waals surface area contributed by atoms with E-state index in [1.165, 1.54) is 0 Å². The summed E-state index contributed by atoms with van der Waals surface area (Å²) in [4.78, 5) is 3.07. The molecule has 0 saturated heterocycles. The number of aromatic nitrogens is 1. The lowest BCUT2D eigenvalue weighted by Crippen LogP contribution is -2.22. The highest BCUT2D eigenvalue weighted by Crippen LogP contribution is 2.43. The fourth-order valence-electron chi connectivity index (χ4n) is 1.32. The third-order valence-corrected chi connectivity index (χ3v) is 2.55. The van der Waals surface area contributed by atoms with Crippen molar-refractivity contribution in [2.75, 3.05) is 0 Å². The molecule has 1 rings (SSSR count). The largest absolute Gasteiger partial charge is 0.573 e. The van der Waals surface area contributed by atoms with Crippen LogP contribution in [0.25, 0.3) is 0 Å². The number of rotatable bonds is 3. The average molecular weight is 374 g/mol. The monoisotopic (exact) mass is 373 g/mol. The zero-order chi connectivity index (χ0) is 15.7. The van der Waals surface area contributed by atoms with Crippen LogP contribution in [0.4, 0.5) is 35.1 Å². The molecule has 1 aromatic rings. The summed E-state index contributed by atoms with van der Waals surface area (Å²) in [7, 11) is 0. The van der Waals surface area contributed by atoms with Crippen LogP contribution in [-0.2, 0) is 11.5 Å². The van der Waals surface area contributed by atoms with Crippen molar-refractivity contribution in [3.63, 3.8) is 0 Å². The van der Waals surface area contributed by atoms with Gasteiger partial charge in [-0.15, -0.1) is 13.2 Å². The van der Waals surface area contributed by atoms with Crippen LogP contribution in [0.2, 0.25) is 0 Å². The predicted octanol–water partition coefficient (Wildman–Crippen LogP) is 4.83. The fourth-order valence-corrected chi connectivity index (χ4v) is 1.72. The molecule has 0 radical (unpaired) electrons. The Balaban J connectivity index is 3.58. The second-order valence-electron chi connectivity index (χ2n) is 3.34. The first kappa shape index (κ1) is 16.9. The second kappa shape index (κ2) is 5.70. The van der Waals surface area contributed by atoms with Gasteiger partial charge in [0.1, 0.15) is 0 Å². The number of pyridine rings is 1. The van der Waals surface area contributed by atoms with Gasteiger partial charge in [0.05, 0.1) is 16.8 Å². The maximum Gasteiger partial charge on any atom is 0.573 e. The van der Waals surface area contributed by atoms with E-state index < -0.39 is 46.9 Å². The molecule has 0 amide bonds. The lowest BCUT2D eigenvalue weighted by Gasteiger charge is -2.19. The third kappa shape index (κ3) is 3.93. The zero-order valence-electron chi connectivity index (χ0n) is 9.12. The van der Waals surface area contributed by atoms with Gasteiger partial charge < -0.3 is 4.74 Å². The SMILES string of the molecule is FC(F)c1c(C(F)(F)F)cnc(CBr)c1OC(F)(F)F. The minimum atomic E-state index is -5.42. The van der Waals surface area contributed by atoms with Gasteiger partial charge in [-0.2, -0.15) is 13.2 Å². The molecule has 0 saturated carbocycles. The van der Waals surface area contributed by atoms with Crippen LogP contribution in [-0.4, -0.2) is 11.3 Å². The van der Waals surface area contributed by atoms with Crippen LogP contribution < -0.4 is 4.74 Å². The van der Waals surface area contributed by atoms with Gasteiger partial charge in [-0.3, -0.25) is 4.98 Å². The maximum atomic E-state index is 12.7. The quantitative estimate of drug-likeness (QED) is 0.559. The van der Waals surface area contributed by atoms with Crippen molar-refractivity contribution in [1.82, 2.24) is 4.98 Å². The van der Waals surface area contributed by atoms with E-state index in [1.54, 1.807) is 0 Å². The van der Waals surface area contributed by atoms with Crippen LogP contribution in [0.3, 0.4) is 0 Å². The maximum absolute atomic E-state index is 12.7. The molecule has 0 atom stereocenters. The molecule has 0 unspecified atom stereocenters. The van der Waals surface area contributed by atoms with Crippen molar-refractivity contribution in [2.45, 2.75) is 24.3 Å². The number of alkyl halides is 9. The van der Waals surface area contributed by atoms with Crippen molar-refractivity contribution in [2.24, 2.45) is 0 Å². The van der Waals surface area contributed by atoms with E-state index in [4.69, 9.17) is 0 Å². The highest BCUT2D eigenvalue weighted by molar-refractivity contribution is 9.08. The Labute approximate surface area is 114 Å². The predicted molar refractivity (Wildman–Crippen MR) is 53.5 cm³/mol. The van der Waals surface area contributed by atoms with Gasteiger partial charge in [0.15, 0.2) is 5.75 Å². The van der Waals surface area contributed by atoms with Crippen LogP contribution in [0.1, 0.15) is 23.2 Å². The fraction of sp³-hybridized carbons (Fsp3) is 0.444. The molecule has 0 aliphatic rings. The minimum absolute atomic E-state index is 0.0430. The summed E-state index contributed by atoms with van der Waals surface area (Å²) in [5.74, 6) is -1.64. The Morgan fingerprint density at radius 2 is 1.70 bits per heavy atom. The minimum Gasteiger partial charge on any atom is -0.403 e. The van der Waals surface area contributed by atoms with Crippen molar-refractivity contribution in [3.05, 3.63) is 23.0 Å². The molecule has 0 aliphatic carbocycles. The van der Waals surface area contributed by atoms with Crippen molar-refractivity contribution < 1.29 is 39.9 Å². The first-order chi connectivity index (χ1) is 8.97. The Morgan fingerprint density at radius 1 is 1.15 bits per heavy atom. The molecule has 0 fully saturated rings. The van der Waals surface area contributed by atoms with Crippen molar-refractivity contribution in [1.29, 1.82) is 0 Å². The van der Waals surface area contributed by atoms with Gasteiger partial charge in [-0.1, -0.05) is 15.9 Å². The topological polar surface area (TPSA) is 22.1 Å². The summed E-state index contributed by atoms with van der Waals surface area (Å²) >= 11 is 2.64. The van der Waals surface area contributed by atoms with Gasteiger partial charge >= 0.3 is 12.5 Å². The van der Waals surface area contributed by atoms with E-state index in [0.29, 0.717) is 0 Å². The van der Waals surface area contributed by atoms with Crippen molar-refractivity contribution in [3.8, 4) is 5.75 Å². The Morgan fingerprint density at radius 3 is 2.05 bits per heavy atom. The van der Waals surface area contributed by atoms with E-state index in [9.17, 15) is 35.1 Å². The van der Waals surface area contributed by atoms with Crippen LogP contribution >= 0.6 is 15.9 Å². The number of halogens is 9. The molecule has 0 aromatic carbocycles. The summed E-state index contributed by atoms with van der Waals surface area (Å²) in [6.07, 6.45) is -14.5. The van der Waals surface area contributed by atoms with Gasteiger partial charge in [-0.05, 0) is 0 Å². The highest BCUT2D eigenvalue weighted by Gasteiger charge is 2.42. The summed E-state index contributed by atoms with van der Waals surface area (Å²) in [5, 5.41) is -0.490. The average Bonchev–Trinajstić information content (AvgIpc) is 2.24. The van der Waals surface area contributed by atoms with Crippen LogP contribution in [0, 0.1) is 0 Å². The van der Waals surface area contributed by atoms with E-state index in [-0.39, 0.29) is 6.20 Å². The molecule has 0 spiro atoms. The molecule has 2 nitrogen and oxygen atoms in total. The Bertz CT molecular complexity index is 484. The number of hydrogen-bond donors (Lipinski definition) is 0. The van der Waals surface area contributed by atoms with Crippen molar-refractivity contribution >= 4 is 15.9 Å². The molecule has 114 valence electrons. The van der Waals surface area contributed by atoms with Crippen LogP contribution in [0.5, 0.6) is 5.75 Å². The first-order valence-corrected chi connectivity index (χ1v) is 5.78. The summed E-state index contributed by atoms with van der Waals surface area (Å²) in [6.45, 7) is 0. The van der Waals surface area contributed by atoms with E-state index in [1.807, 2.05) is 0 Å². The zero-order valence-corrected chi connectivity index (χ0v) is 10.7. The normalized spacial score (nSPS) is 12.9. The molecule has 0 bridgehead atoms. The highest BCUT2D eigenvalue weighted by atomic mass is 79.9. The number of ether oxygens (including phenoxy) is 1. The molecular formula is C9H4BrF8NO. The van der Waals surface area contributed by atoms with Gasteiger partial charge in [0.25, 0.3) is 6.43 Å². The molecule has 0 N–H and O–H groups in total. The van der Waals surface area contributed by atoms with Gasteiger partial charge in [0, 0.05) is 11.5 Å². The Hall–Kier alpha value is -1.13. The number of hydrogen-bond acceptors (Lipinski definition) is 2. The third-order valence-electron chi connectivity index (χ3n) is 2.01.